The summed E-state index contributed by atoms with van der Waals surface area (Å²) in [4.78, 5) is 0. The molecule has 0 heterocycles. The van der Waals surface area contributed by atoms with E-state index in [2.05, 4.69) is 20.4 Å². The molecule has 116 valence electrons. The summed E-state index contributed by atoms with van der Waals surface area (Å²) in [5.41, 5.74) is 1.35. The average Bonchev–Trinajstić information content (AvgIpc) is 2.66. The van der Waals surface area contributed by atoms with Gasteiger partial charge in [0.05, 0.1) is 12.2 Å². The zero-order chi connectivity index (χ0) is 14.9. The van der Waals surface area contributed by atoms with Crippen LogP contribution in [0, 0.1) is 23.2 Å². The zero-order valence-corrected chi connectivity index (χ0v) is 13.4. The molecule has 2 aliphatic carbocycles. The molecule has 2 rings (SSSR count). The third-order valence-corrected chi connectivity index (χ3v) is 6.08. The van der Waals surface area contributed by atoms with Gasteiger partial charge in [-0.2, -0.15) is 0 Å². The Kier molecular flexibility index (Phi) is 4.96. The van der Waals surface area contributed by atoms with Crippen molar-refractivity contribution in [1.29, 1.82) is 0 Å². The minimum atomic E-state index is -0.251. The van der Waals surface area contributed by atoms with Crippen molar-refractivity contribution in [1.82, 2.24) is 0 Å². The van der Waals surface area contributed by atoms with E-state index >= 15 is 0 Å². The van der Waals surface area contributed by atoms with Crippen LogP contribution >= 0.6 is 0 Å². The topological polar surface area (TPSA) is 40.5 Å². The van der Waals surface area contributed by atoms with Crippen LogP contribution in [0.4, 0.5) is 0 Å². The summed E-state index contributed by atoms with van der Waals surface area (Å²) in [6, 6.07) is 0. The number of fused-ring (bicyclic) bond motifs is 1. The first-order valence-electron chi connectivity index (χ1n) is 8.35. The van der Waals surface area contributed by atoms with E-state index < -0.39 is 0 Å². The Morgan fingerprint density at radius 2 is 2.05 bits per heavy atom. The summed E-state index contributed by atoms with van der Waals surface area (Å²) >= 11 is 0. The van der Waals surface area contributed by atoms with E-state index in [9.17, 15) is 10.2 Å². The summed E-state index contributed by atoms with van der Waals surface area (Å²) in [6.45, 7) is 10.6. The van der Waals surface area contributed by atoms with E-state index in [0.717, 1.165) is 31.3 Å². The Morgan fingerprint density at radius 1 is 1.35 bits per heavy atom. The van der Waals surface area contributed by atoms with Gasteiger partial charge in [-0.25, -0.2) is 0 Å². The van der Waals surface area contributed by atoms with Gasteiger partial charge in [-0.05, 0) is 68.6 Å². The van der Waals surface area contributed by atoms with Crippen molar-refractivity contribution >= 4 is 0 Å². The normalized spacial score (nSPS) is 40.1. The van der Waals surface area contributed by atoms with Crippen LogP contribution in [0.2, 0.25) is 0 Å². The number of hydrogen-bond acceptors (Lipinski definition) is 2. The third-order valence-electron chi connectivity index (χ3n) is 6.08. The summed E-state index contributed by atoms with van der Waals surface area (Å²) in [7, 11) is 0. The molecule has 2 fully saturated rings. The lowest BCUT2D eigenvalue weighted by Crippen LogP contribution is -2.41. The predicted octanol–water partition coefficient (Wildman–Crippen LogP) is 3.92. The van der Waals surface area contributed by atoms with Gasteiger partial charge in [-0.1, -0.05) is 25.8 Å². The van der Waals surface area contributed by atoms with Crippen molar-refractivity contribution in [3.05, 3.63) is 12.2 Å². The van der Waals surface area contributed by atoms with Gasteiger partial charge in [0.1, 0.15) is 0 Å². The van der Waals surface area contributed by atoms with E-state index in [1.54, 1.807) is 0 Å². The summed E-state index contributed by atoms with van der Waals surface area (Å²) in [5.74, 6) is 1.67. The Labute approximate surface area is 124 Å². The van der Waals surface area contributed by atoms with Gasteiger partial charge in [-0.3, -0.25) is 0 Å². The van der Waals surface area contributed by atoms with Crippen LogP contribution in [0.15, 0.2) is 12.2 Å². The minimum absolute atomic E-state index is 0.0914. The van der Waals surface area contributed by atoms with Gasteiger partial charge in [-0.15, -0.1) is 6.58 Å². The Hall–Kier alpha value is -0.340. The van der Waals surface area contributed by atoms with E-state index in [-0.39, 0.29) is 12.2 Å². The lowest BCUT2D eigenvalue weighted by Gasteiger charge is -2.45. The zero-order valence-electron chi connectivity index (χ0n) is 13.4. The molecule has 1 unspecified atom stereocenters. The molecule has 0 aliphatic heterocycles. The Morgan fingerprint density at radius 3 is 2.70 bits per heavy atom. The first-order chi connectivity index (χ1) is 9.34. The highest BCUT2D eigenvalue weighted by molar-refractivity contribution is 5.02. The molecule has 2 nitrogen and oxygen atoms in total. The van der Waals surface area contributed by atoms with E-state index in [0.29, 0.717) is 23.2 Å². The molecule has 2 saturated carbocycles. The second-order valence-corrected chi connectivity index (χ2v) is 7.78. The standard InChI is InChI=1S/C18H32O2/c1-12(2)10-14(19)11-13(3)15-7-8-16-17(20)6-5-9-18(15,16)4/h13-17,19-20H,1,5-11H2,2-4H3/t13?,14-,15-,16+,17-,18-/m1/s1. The largest absolute Gasteiger partial charge is 0.393 e. The Bertz CT molecular complexity index is 351. The highest BCUT2D eigenvalue weighted by Crippen LogP contribution is 2.58. The molecule has 2 N–H and O–H groups in total. The van der Waals surface area contributed by atoms with Crippen molar-refractivity contribution in [2.24, 2.45) is 23.2 Å². The molecule has 0 radical (unpaired) electrons. The van der Waals surface area contributed by atoms with Crippen LogP contribution in [0.5, 0.6) is 0 Å². The summed E-state index contributed by atoms with van der Waals surface area (Å²) < 4.78 is 0. The maximum atomic E-state index is 10.3. The second kappa shape index (κ2) is 6.19. The number of aliphatic hydroxyl groups is 2. The van der Waals surface area contributed by atoms with Crippen molar-refractivity contribution in [2.75, 3.05) is 0 Å². The molecule has 0 amide bonds. The summed E-state index contributed by atoms with van der Waals surface area (Å²) in [5, 5.41) is 20.5. The SMILES string of the molecule is C=C(C)C[C@@H](O)CC(C)[C@H]1CC[C@H]2[C@H](O)CCC[C@]12C. The maximum absolute atomic E-state index is 10.3. The monoisotopic (exact) mass is 280 g/mol. The lowest BCUT2D eigenvalue weighted by atomic mass is 9.61. The number of hydrogen-bond donors (Lipinski definition) is 2. The van der Waals surface area contributed by atoms with Crippen LogP contribution in [0.3, 0.4) is 0 Å². The van der Waals surface area contributed by atoms with Crippen LogP contribution < -0.4 is 0 Å². The molecule has 0 spiro atoms. The van der Waals surface area contributed by atoms with Crippen molar-refractivity contribution in [3.63, 3.8) is 0 Å². The lowest BCUT2D eigenvalue weighted by molar-refractivity contribution is -0.0313. The van der Waals surface area contributed by atoms with E-state index in [4.69, 9.17) is 0 Å². The molecular weight excluding hydrogens is 248 g/mol. The van der Waals surface area contributed by atoms with Gasteiger partial charge in [0.15, 0.2) is 0 Å². The second-order valence-electron chi connectivity index (χ2n) is 7.78. The first-order valence-corrected chi connectivity index (χ1v) is 8.35. The van der Waals surface area contributed by atoms with Crippen molar-refractivity contribution in [3.8, 4) is 0 Å². The van der Waals surface area contributed by atoms with Crippen LogP contribution in [-0.2, 0) is 0 Å². The molecule has 6 atom stereocenters. The number of rotatable bonds is 5. The number of aliphatic hydroxyl groups excluding tert-OH is 2. The first kappa shape index (κ1) is 16.0. The fraction of sp³-hybridized carbons (Fsp3) is 0.889. The molecule has 2 aliphatic rings. The third kappa shape index (κ3) is 3.12. The maximum Gasteiger partial charge on any atom is 0.0579 e. The predicted molar refractivity (Wildman–Crippen MR) is 83.4 cm³/mol. The molecule has 0 saturated heterocycles. The highest BCUT2D eigenvalue weighted by Gasteiger charge is 2.52. The molecule has 0 bridgehead atoms. The molecule has 2 heteroatoms. The van der Waals surface area contributed by atoms with Crippen molar-refractivity contribution in [2.45, 2.75) is 77.9 Å². The van der Waals surface area contributed by atoms with Crippen molar-refractivity contribution < 1.29 is 10.2 Å². The van der Waals surface area contributed by atoms with Gasteiger partial charge < -0.3 is 10.2 Å². The smallest absolute Gasteiger partial charge is 0.0579 e. The van der Waals surface area contributed by atoms with Gasteiger partial charge >= 0.3 is 0 Å². The fourth-order valence-electron chi connectivity index (χ4n) is 5.20. The van der Waals surface area contributed by atoms with Gasteiger partial charge in [0.2, 0.25) is 0 Å². The van der Waals surface area contributed by atoms with Gasteiger partial charge in [0, 0.05) is 0 Å². The molecule has 0 aromatic carbocycles. The quantitative estimate of drug-likeness (QED) is 0.749. The van der Waals surface area contributed by atoms with Crippen LogP contribution in [0.1, 0.15) is 65.7 Å². The molecular formula is C18H32O2. The van der Waals surface area contributed by atoms with Gasteiger partial charge in [0.25, 0.3) is 0 Å². The average molecular weight is 280 g/mol. The van der Waals surface area contributed by atoms with Crippen LogP contribution in [-0.4, -0.2) is 22.4 Å². The minimum Gasteiger partial charge on any atom is -0.393 e. The van der Waals surface area contributed by atoms with E-state index in [1.807, 2.05) is 6.92 Å². The summed E-state index contributed by atoms with van der Waals surface area (Å²) in [6.07, 6.45) is 7.04. The van der Waals surface area contributed by atoms with Crippen LogP contribution in [0.25, 0.3) is 0 Å². The highest BCUT2D eigenvalue weighted by atomic mass is 16.3. The molecule has 20 heavy (non-hydrogen) atoms. The Balaban J connectivity index is 2.00. The molecule has 0 aromatic heterocycles. The van der Waals surface area contributed by atoms with E-state index in [1.165, 1.54) is 19.3 Å². The molecule has 0 aromatic rings. The fourth-order valence-corrected chi connectivity index (χ4v) is 5.20.